The van der Waals surface area contributed by atoms with Crippen molar-refractivity contribution < 1.29 is 4.79 Å². The first-order valence-corrected chi connectivity index (χ1v) is 5.58. The van der Waals surface area contributed by atoms with Gasteiger partial charge < -0.3 is 4.79 Å². The molecule has 0 fully saturated rings. The number of fused-ring (bicyclic) bond motifs is 3. The van der Waals surface area contributed by atoms with Gasteiger partial charge in [-0.25, -0.2) is 0 Å². The topological polar surface area (TPSA) is 46.4 Å². The Morgan fingerprint density at radius 2 is 2.38 bits per heavy atom. The van der Waals surface area contributed by atoms with E-state index in [1.807, 2.05) is 4.68 Å². The highest BCUT2D eigenvalue weighted by atomic mass is 16.1. The van der Waals surface area contributed by atoms with Crippen LogP contribution in [0, 0.1) is 5.41 Å². The van der Waals surface area contributed by atoms with Gasteiger partial charge in [-0.1, -0.05) is 13.8 Å². The third kappa shape index (κ3) is 1.22. The predicted octanol–water partition coefficient (Wildman–Crippen LogP) is 1.44. The van der Waals surface area contributed by atoms with Gasteiger partial charge in [-0.15, -0.1) is 0 Å². The summed E-state index contributed by atoms with van der Waals surface area (Å²) in [5, 5.41) is 0. The van der Waals surface area contributed by atoms with E-state index < -0.39 is 0 Å². The highest BCUT2D eigenvalue weighted by Gasteiger charge is 2.34. The molecule has 4 heteroatoms. The van der Waals surface area contributed by atoms with Crippen LogP contribution in [0.2, 0.25) is 0 Å². The monoisotopic (exact) mass is 217 g/mol. The molecule has 84 valence electrons. The van der Waals surface area contributed by atoms with Gasteiger partial charge in [-0.05, 0) is 29.9 Å². The number of aliphatic imine (C=N–C) groups is 1. The summed E-state index contributed by atoms with van der Waals surface area (Å²) in [6.07, 6.45) is 4.63. The molecule has 0 saturated heterocycles. The van der Waals surface area contributed by atoms with E-state index in [1.54, 1.807) is 6.34 Å². The number of rotatable bonds is 1. The van der Waals surface area contributed by atoms with E-state index >= 15 is 0 Å². The highest BCUT2D eigenvalue weighted by molar-refractivity contribution is 5.73. The summed E-state index contributed by atoms with van der Waals surface area (Å²) >= 11 is 0. The van der Waals surface area contributed by atoms with Crippen molar-refractivity contribution in [2.75, 3.05) is 5.43 Å². The van der Waals surface area contributed by atoms with Gasteiger partial charge in [0, 0.05) is 5.69 Å². The standard InChI is InChI=1S/C12H15N3O/c1-12(2)4-8-3-10-9(6-16)13-7-14-15(10)11(8)5-12/h3,6-7,9H,4-5H2,1-2H3,(H,13,14). The molecule has 0 amide bonds. The molecule has 1 aromatic rings. The minimum absolute atomic E-state index is 0.333. The molecule has 1 aliphatic heterocycles. The van der Waals surface area contributed by atoms with E-state index in [-0.39, 0.29) is 6.04 Å². The zero-order valence-electron chi connectivity index (χ0n) is 9.53. The zero-order chi connectivity index (χ0) is 11.3. The van der Waals surface area contributed by atoms with Crippen LogP contribution in [-0.4, -0.2) is 17.3 Å². The van der Waals surface area contributed by atoms with Crippen LogP contribution < -0.4 is 5.43 Å². The van der Waals surface area contributed by atoms with Crippen molar-refractivity contribution in [1.29, 1.82) is 0 Å². The number of carbonyl (C=O) groups excluding carboxylic acids is 1. The summed E-state index contributed by atoms with van der Waals surface area (Å²) < 4.78 is 2.02. The van der Waals surface area contributed by atoms with Crippen molar-refractivity contribution in [3.63, 3.8) is 0 Å². The quantitative estimate of drug-likeness (QED) is 0.723. The number of nitrogens with one attached hydrogen (secondary N) is 1. The molecular formula is C12H15N3O. The molecule has 1 N–H and O–H groups in total. The molecule has 0 spiro atoms. The van der Waals surface area contributed by atoms with E-state index in [9.17, 15) is 4.79 Å². The van der Waals surface area contributed by atoms with Crippen molar-refractivity contribution in [3.8, 4) is 0 Å². The van der Waals surface area contributed by atoms with Crippen LogP contribution in [0.4, 0.5) is 0 Å². The van der Waals surface area contributed by atoms with Gasteiger partial charge >= 0.3 is 0 Å². The average Bonchev–Trinajstić information content (AvgIpc) is 2.69. The van der Waals surface area contributed by atoms with Crippen molar-refractivity contribution in [2.45, 2.75) is 32.7 Å². The molecule has 1 aliphatic carbocycles. The van der Waals surface area contributed by atoms with Crippen LogP contribution in [0.1, 0.15) is 36.8 Å². The molecule has 16 heavy (non-hydrogen) atoms. The lowest BCUT2D eigenvalue weighted by molar-refractivity contribution is -0.109. The third-order valence-corrected chi connectivity index (χ3v) is 3.39. The minimum atomic E-state index is -0.338. The Labute approximate surface area is 94.3 Å². The SMILES string of the molecule is CC1(C)Cc2cc3n(c2C1)NC=NC3C=O. The molecule has 1 unspecified atom stereocenters. The van der Waals surface area contributed by atoms with Crippen molar-refractivity contribution >= 4 is 12.6 Å². The van der Waals surface area contributed by atoms with Gasteiger partial charge in [0.2, 0.25) is 0 Å². The Balaban J connectivity index is 2.08. The number of aldehydes is 1. The summed E-state index contributed by atoms with van der Waals surface area (Å²) in [4.78, 5) is 15.0. The van der Waals surface area contributed by atoms with Crippen LogP contribution >= 0.6 is 0 Å². The number of nitrogens with zero attached hydrogens (tertiary/aromatic N) is 2. The molecule has 0 bridgehead atoms. The smallest absolute Gasteiger partial charge is 0.150 e. The molecule has 2 heterocycles. The van der Waals surface area contributed by atoms with Crippen LogP contribution in [0.15, 0.2) is 11.1 Å². The molecule has 0 saturated carbocycles. The second-order valence-corrected chi connectivity index (χ2v) is 5.38. The summed E-state index contributed by atoms with van der Waals surface area (Å²) in [6, 6.07) is 1.78. The maximum atomic E-state index is 10.9. The van der Waals surface area contributed by atoms with Gasteiger partial charge in [0.1, 0.15) is 12.4 Å². The predicted molar refractivity (Wildman–Crippen MR) is 62.3 cm³/mol. The molecule has 4 nitrogen and oxygen atoms in total. The van der Waals surface area contributed by atoms with Gasteiger partial charge in [0.05, 0.1) is 5.69 Å². The largest absolute Gasteiger partial charge is 0.301 e. The Hall–Kier alpha value is -1.58. The maximum absolute atomic E-state index is 10.9. The first kappa shape index (κ1) is 9.63. The van der Waals surface area contributed by atoms with Crippen molar-refractivity contribution in [2.24, 2.45) is 10.4 Å². The lowest BCUT2D eigenvalue weighted by atomic mass is 9.90. The van der Waals surface area contributed by atoms with Crippen LogP contribution in [-0.2, 0) is 17.6 Å². The van der Waals surface area contributed by atoms with Crippen molar-refractivity contribution in [1.82, 2.24) is 4.68 Å². The number of carbonyl (C=O) groups is 1. The highest BCUT2D eigenvalue weighted by Crippen LogP contribution is 2.39. The van der Waals surface area contributed by atoms with Gasteiger partial charge in [-0.2, -0.15) is 0 Å². The van der Waals surface area contributed by atoms with Crippen molar-refractivity contribution in [3.05, 3.63) is 23.0 Å². The fourth-order valence-electron chi connectivity index (χ4n) is 2.73. The van der Waals surface area contributed by atoms with Crippen LogP contribution in [0.25, 0.3) is 0 Å². The Morgan fingerprint density at radius 3 is 3.12 bits per heavy atom. The fourth-order valence-corrected chi connectivity index (χ4v) is 2.73. The molecule has 1 atom stereocenters. The minimum Gasteiger partial charge on any atom is -0.301 e. The zero-order valence-corrected chi connectivity index (χ0v) is 9.53. The van der Waals surface area contributed by atoms with E-state index in [2.05, 4.69) is 30.3 Å². The van der Waals surface area contributed by atoms with Crippen LogP contribution in [0.3, 0.4) is 0 Å². The summed E-state index contributed by atoms with van der Waals surface area (Å²) in [6.45, 7) is 4.54. The average molecular weight is 217 g/mol. The van der Waals surface area contributed by atoms with E-state index in [4.69, 9.17) is 0 Å². The Bertz CT molecular complexity index is 485. The lowest BCUT2D eigenvalue weighted by Gasteiger charge is -2.21. The molecular weight excluding hydrogens is 202 g/mol. The summed E-state index contributed by atoms with van der Waals surface area (Å²) in [7, 11) is 0. The van der Waals surface area contributed by atoms with Gasteiger partial charge in [0.25, 0.3) is 0 Å². The van der Waals surface area contributed by atoms with E-state index in [0.717, 1.165) is 24.8 Å². The Morgan fingerprint density at radius 1 is 1.56 bits per heavy atom. The Kier molecular flexibility index (Phi) is 1.79. The first-order valence-electron chi connectivity index (χ1n) is 5.58. The number of hydrogen-bond acceptors (Lipinski definition) is 3. The molecule has 1 aromatic heterocycles. The second-order valence-electron chi connectivity index (χ2n) is 5.38. The fraction of sp³-hybridized carbons (Fsp3) is 0.500. The lowest BCUT2D eigenvalue weighted by Crippen LogP contribution is -2.25. The van der Waals surface area contributed by atoms with Gasteiger partial charge in [-0.3, -0.25) is 15.1 Å². The summed E-state index contributed by atoms with van der Waals surface area (Å²) in [5.74, 6) is 0. The van der Waals surface area contributed by atoms with Crippen LogP contribution in [0.5, 0.6) is 0 Å². The molecule has 0 radical (unpaired) electrons. The number of hydrogen-bond donors (Lipinski definition) is 1. The normalized spacial score (nSPS) is 24.8. The maximum Gasteiger partial charge on any atom is 0.150 e. The van der Waals surface area contributed by atoms with E-state index in [1.165, 1.54) is 11.3 Å². The molecule has 3 rings (SSSR count). The second kappa shape index (κ2) is 2.97. The third-order valence-electron chi connectivity index (χ3n) is 3.39. The molecule has 2 aliphatic rings. The van der Waals surface area contributed by atoms with E-state index in [0.29, 0.717) is 5.41 Å². The summed E-state index contributed by atoms with van der Waals surface area (Å²) in [5.41, 5.74) is 7.07. The molecule has 0 aromatic carbocycles. The number of aromatic nitrogens is 1. The van der Waals surface area contributed by atoms with Gasteiger partial charge in [0.15, 0.2) is 6.29 Å². The first-order chi connectivity index (χ1) is 7.61.